The van der Waals surface area contributed by atoms with Crippen LogP contribution in [-0.2, 0) is 20.8 Å². The first-order chi connectivity index (χ1) is 23.6. The Bertz CT molecular complexity index is 1700. The van der Waals surface area contributed by atoms with Gasteiger partial charge in [0.15, 0.2) is 0 Å². The molecule has 0 radical (unpaired) electrons. The molecule has 0 N–H and O–H groups in total. The molecule has 0 bridgehead atoms. The van der Waals surface area contributed by atoms with Crippen LogP contribution in [0.3, 0.4) is 0 Å². The van der Waals surface area contributed by atoms with Crippen molar-refractivity contribution in [1.29, 1.82) is 0 Å². The second-order valence-electron chi connectivity index (χ2n) is 14.6. The van der Waals surface area contributed by atoms with Gasteiger partial charge in [0.25, 0.3) is 0 Å². The maximum Gasteiger partial charge on any atom is 0.419 e. The van der Waals surface area contributed by atoms with Gasteiger partial charge in [0.05, 0.1) is 37.9 Å². The first kappa shape index (κ1) is 38.3. The molecule has 2 heterocycles. The minimum Gasteiger partial charge on any atom is -0.496 e. The number of hydrogen-bond acceptors (Lipinski definition) is 9. The lowest BCUT2D eigenvalue weighted by Crippen LogP contribution is -2.51. The monoisotopic (exact) mass is 691 g/mol. The fourth-order valence-corrected chi connectivity index (χ4v) is 6.12. The molecule has 1 atom stereocenters. The van der Waals surface area contributed by atoms with Crippen molar-refractivity contribution >= 4 is 29.1 Å². The van der Waals surface area contributed by atoms with Crippen molar-refractivity contribution in [3.8, 4) is 11.5 Å². The van der Waals surface area contributed by atoms with Crippen LogP contribution in [0.15, 0.2) is 49.2 Å². The van der Waals surface area contributed by atoms with Gasteiger partial charge in [-0.2, -0.15) is 0 Å². The summed E-state index contributed by atoms with van der Waals surface area (Å²) < 4.78 is 30.3. The SMILES string of the molecule is C=CCCCCOc1cc(C(=O)OC)ccc1C1CN(C(=O)OC(C)(C)C)CCN1Cc1c(OC)cc(C)c2c1ccn2C(=O)OC(C)(C)C. The van der Waals surface area contributed by atoms with E-state index in [9.17, 15) is 14.4 Å². The number of unbranched alkanes of at least 4 members (excludes halogenated alkanes) is 2. The van der Waals surface area contributed by atoms with Crippen molar-refractivity contribution in [2.24, 2.45) is 0 Å². The Morgan fingerprint density at radius 3 is 2.26 bits per heavy atom. The number of aryl methyl sites for hydroxylation is 1. The molecule has 11 nitrogen and oxygen atoms in total. The Balaban J connectivity index is 1.80. The number of fused-ring (bicyclic) bond motifs is 1. The quantitative estimate of drug-likeness (QED) is 0.0854. The number of hydrogen-bond donors (Lipinski definition) is 0. The smallest absolute Gasteiger partial charge is 0.419 e. The van der Waals surface area contributed by atoms with E-state index in [1.807, 2.05) is 72.7 Å². The van der Waals surface area contributed by atoms with Gasteiger partial charge >= 0.3 is 18.2 Å². The highest BCUT2D eigenvalue weighted by Gasteiger charge is 2.36. The van der Waals surface area contributed by atoms with Gasteiger partial charge in [-0.15, -0.1) is 6.58 Å². The van der Waals surface area contributed by atoms with Gasteiger partial charge in [0.1, 0.15) is 22.7 Å². The molecule has 1 aliphatic rings. The van der Waals surface area contributed by atoms with E-state index >= 15 is 0 Å². The van der Waals surface area contributed by atoms with Crippen LogP contribution in [0.2, 0.25) is 0 Å². The van der Waals surface area contributed by atoms with Gasteiger partial charge in [0, 0.05) is 48.9 Å². The van der Waals surface area contributed by atoms with Crippen molar-refractivity contribution in [3.63, 3.8) is 0 Å². The standard InChI is InChI=1S/C39H53N3O8/c1-11-12-13-14-21-48-33-23-27(35(43)47-10)15-16-29(33)31-25-41(36(44)49-38(3,4)5)20-19-40(31)24-30-28-17-18-42(37(45)50-39(6,7)8)34(28)26(2)22-32(30)46-9/h11,15-18,22-23,31H,1,12-14,19-21,24-25H2,2-10H3. The summed E-state index contributed by atoms with van der Waals surface area (Å²) in [5, 5.41) is 0.862. The van der Waals surface area contributed by atoms with Crippen LogP contribution in [0.1, 0.15) is 93.9 Å². The Morgan fingerprint density at radius 1 is 0.920 bits per heavy atom. The molecule has 4 rings (SSSR count). The average Bonchev–Trinajstić information content (AvgIpc) is 3.50. The maximum atomic E-state index is 13.4. The third-order valence-corrected chi connectivity index (χ3v) is 8.40. The molecule has 0 aliphatic carbocycles. The molecule has 1 aromatic heterocycles. The van der Waals surface area contributed by atoms with Gasteiger partial charge in [-0.3, -0.25) is 9.47 Å². The molecular formula is C39H53N3O8. The summed E-state index contributed by atoms with van der Waals surface area (Å²) in [6.07, 6.45) is 5.36. The van der Waals surface area contributed by atoms with Crippen molar-refractivity contribution in [2.45, 2.75) is 91.5 Å². The number of carbonyl (C=O) groups excluding carboxylic acids is 3. The molecule has 1 amide bonds. The lowest BCUT2D eigenvalue weighted by atomic mass is 9.97. The fourth-order valence-electron chi connectivity index (χ4n) is 6.12. The van der Waals surface area contributed by atoms with Gasteiger partial charge in [-0.25, -0.2) is 14.4 Å². The summed E-state index contributed by atoms with van der Waals surface area (Å²) in [5.74, 6) is 0.764. The summed E-state index contributed by atoms with van der Waals surface area (Å²) in [6.45, 7) is 18.9. The zero-order valence-electron chi connectivity index (χ0n) is 31.1. The van der Waals surface area contributed by atoms with Crippen LogP contribution in [0.5, 0.6) is 11.5 Å². The fraction of sp³-hybridized carbons (Fsp3) is 0.513. The normalized spacial score (nSPS) is 15.5. The van der Waals surface area contributed by atoms with E-state index in [1.165, 1.54) is 7.11 Å². The van der Waals surface area contributed by atoms with Crippen LogP contribution in [0.4, 0.5) is 9.59 Å². The van der Waals surface area contributed by atoms with Gasteiger partial charge in [0.2, 0.25) is 0 Å². The first-order valence-corrected chi connectivity index (χ1v) is 17.2. The Hall–Kier alpha value is -4.51. The number of amides is 1. The second-order valence-corrected chi connectivity index (χ2v) is 14.6. The van der Waals surface area contributed by atoms with Crippen LogP contribution in [-0.4, -0.2) is 84.2 Å². The number of aromatic nitrogens is 1. The number of piperazine rings is 1. The zero-order chi connectivity index (χ0) is 36.8. The molecule has 0 saturated carbocycles. The summed E-state index contributed by atoms with van der Waals surface area (Å²) in [7, 11) is 2.98. The third kappa shape index (κ3) is 9.38. The molecular weight excluding hydrogens is 638 g/mol. The van der Waals surface area contributed by atoms with E-state index in [1.54, 1.807) is 34.9 Å². The van der Waals surface area contributed by atoms with Gasteiger partial charge in [-0.05, 0) is 97.6 Å². The minimum absolute atomic E-state index is 0.315. The number of ether oxygens (including phenoxy) is 5. The van der Waals surface area contributed by atoms with E-state index in [0.717, 1.165) is 46.9 Å². The predicted molar refractivity (Wildman–Crippen MR) is 193 cm³/mol. The number of carbonyl (C=O) groups is 3. The predicted octanol–water partition coefficient (Wildman–Crippen LogP) is 8.06. The molecule has 0 spiro atoms. The van der Waals surface area contributed by atoms with Gasteiger partial charge in [-0.1, -0.05) is 12.1 Å². The molecule has 1 fully saturated rings. The highest BCUT2D eigenvalue weighted by Crippen LogP contribution is 2.39. The number of nitrogens with zero attached hydrogens (tertiary/aromatic N) is 3. The first-order valence-electron chi connectivity index (χ1n) is 17.2. The number of esters is 1. The Kier molecular flexibility index (Phi) is 12.3. The van der Waals surface area contributed by atoms with Crippen molar-refractivity contribution < 1.29 is 38.1 Å². The zero-order valence-corrected chi connectivity index (χ0v) is 31.1. The molecule has 272 valence electrons. The van der Waals surface area contributed by atoms with E-state index in [0.29, 0.717) is 49.8 Å². The van der Waals surface area contributed by atoms with Crippen molar-refractivity contribution in [2.75, 3.05) is 40.5 Å². The van der Waals surface area contributed by atoms with E-state index in [2.05, 4.69) is 11.5 Å². The molecule has 3 aromatic rings. The number of benzene rings is 2. The second kappa shape index (κ2) is 16.0. The molecule has 50 heavy (non-hydrogen) atoms. The Labute approximate surface area is 296 Å². The van der Waals surface area contributed by atoms with Crippen molar-refractivity contribution in [1.82, 2.24) is 14.4 Å². The van der Waals surface area contributed by atoms with E-state index < -0.39 is 29.4 Å². The van der Waals surface area contributed by atoms with Crippen LogP contribution in [0, 0.1) is 6.92 Å². The topological polar surface area (TPSA) is 109 Å². The largest absolute Gasteiger partial charge is 0.496 e. The minimum atomic E-state index is -0.660. The lowest BCUT2D eigenvalue weighted by Gasteiger charge is -2.42. The molecule has 1 aliphatic heterocycles. The average molecular weight is 692 g/mol. The summed E-state index contributed by atoms with van der Waals surface area (Å²) in [4.78, 5) is 43.2. The van der Waals surface area contributed by atoms with E-state index in [-0.39, 0.29) is 6.04 Å². The molecule has 11 heteroatoms. The van der Waals surface area contributed by atoms with Gasteiger partial charge < -0.3 is 28.6 Å². The Morgan fingerprint density at radius 2 is 1.62 bits per heavy atom. The summed E-state index contributed by atoms with van der Waals surface area (Å²) in [5.41, 5.74) is 2.38. The van der Waals surface area contributed by atoms with Crippen LogP contribution < -0.4 is 9.47 Å². The number of methoxy groups -OCH3 is 2. The third-order valence-electron chi connectivity index (χ3n) is 8.40. The molecule has 2 aromatic carbocycles. The molecule has 1 unspecified atom stereocenters. The highest BCUT2D eigenvalue weighted by molar-refractivity contribution is 5.95. The summed E-state index contributed by atoms with van der Waals surface area (Å²) in [6, 6.07) is 8.82. The summed E-state index contributed by atoms with van der Waals surface area (Å²) >= 11 is 0. The molecule has 1 saturated heterocycles. The highest BCUT2D eigenvalue weighted by atomic mass is 16.6. The lowest BCUT2D eigenvalue weighted by molar-refractivity contribution is 0.00161. The van der Waals surface area contributed by atoms with Crippen molar-refractivity contribution in [3.05, 3.63) is 71.4 Å². The number of rotatable bonds is 11. The van der Waals surface area contributed by atoms with E-state index in [4.69, 9.17) is 23.7 Å². The number of allylic oxidation sites excluding steroid dienone is 1. The van der Waals surface area contributed by atoms with Crippen LogP contribution >= 0.6 is 0 Å². The maximum absolute atomic E-state index is 13.4. The van der Waals surface area contributed by atoms with Crippen LogP contribution in [0.25, 0.3) is 10.9 Å².